The third-order valence-corrected chi connectivity index (χ3v) is 3.14. The van der Waals surface area contributed by atoms with E-state index in [1.165, 1.54) is 12.1 Å². The van der Waals surface area contributed by atoms with E-state index in [9.17, 15) is 9.18 Å². The number of carbonyl (C=O) groups excluding carboxylic acids is 1. The molecular formula is C16H17ClFN3O2. The molecule has 0 unspecified atom stereocenters. The van der Waals surface area contributed by atoms with Gasteiger partial charge in [0, 0.05) is 12.7 Å². The minimum absolute atomic E-state index is 0.115. The van der Waals surface area contributed by atoms with Crippen molar-refractivity contribution in [3.63, 3.8) is 0 Å². The fraction of sp³-hybridized carbons (Fsp3) is 0.250. The number of carbonyl (C=O) groups is 1. The molecule has 5 nitrogen and oxygen atoms in total. The Morgan fingerprint density at radius 1 is 1.35 bits per heavy atom. The van der Waals surface area contributed by atoms with Crippen molar-refractivity contribution in [3.8, 4) is 5.75 Å². The zero-order valence-corrected chi connectivity index (χ0v) is 13.6. The molecule has 0 aliphatic carbocycles. The lowest BCUT2D eigenvalue weighted by molar-refractivity contribution is -0.118. The number of benzene rings is 1. The number of ether oxygens (including phenoxy) is 1. The third-order valence-electron chi connectivity index (χ3n) is 2.84. The number of rotatable bonds is 6. The maximum absolute atomic E-state index is 12.9. The van der Waals surface area contributed by atoms with Crippen molar-refractivity contribution in [2.24, 2.45) is 0 Å². The van der Waals surface area contributed by atoms with E-state index in [0.717, 1.165) is 18.2 Å². The predicted octanol–water partition coefficient (Wildman–Crippen LogP) is 2.95. The summed E-state index contributed by atoms with van der Waals surface area (Å²) in [4.78, 5) is 18.0. The number of hydrogen-bond acceptors (Lipinski definition) is 4. The summed E-state index contributed by atoms with van der Waals surface area (Å²) < 4.78 is 18.2. The minimum atomic E-state index is -0.464. The van der Waals surface area contributed by atoms with Gasteiger partial charge in [-0.15, -0.1) is 0 Å². The molecular weight excluding hydrogens is 321 g/mol. The van der Waals surface area contributed by atoms with Crippen LogP contribution in [0.25, 0.3) is 0 Å². The third kappa shape index (κ3) is 5.50. The quantitative estimate of drug-likeness (QED) is 0.880. The first-order valence-electron chi connectivity index (χ1n) is 6.91. The second kappa shape index (κ2) is 7.89. The van der Waals surface area contributed by atoms with Gasteiger partial charge in [0.05, 0.1) is 5.02 Å². The van der Waals surface area contributed by atoms with Crippen LogP contribution in [0.3, 0.4) is 0 Å². The predicted molar refractivity (Wildman–Crippen MR) is 87.2 cm³/mol. The largest absolute Gasteiger partial charge is 0.482 e. The van der Waals surface area contributed by atoms with Gasteiger partial charge in [0.1, 0.15) is 17.4 Å². The second-order valence-corrected chi connectivity index (χ2v) is 5.61. The molecule has 0 atom stereocenters. The average molecular weight is 338 g/mol. The summed E-state index contributed by atoms with van der Waals surface area (Å²) in [6.45, 7) is 0.498. The van der Waals surface area contributed by atoms with Gasteiger partial charge in [-0.2, -0.15) is 0 Å². The summed E-state index contributed by atoms with van der Waals surface area (Å²) >= 11 is 5.83. The van der Waals surface area contributed by atoms with Crippen molar-refractivity contribution in [2.75, 3.05) is 26.0 Å². The zero-order chi connectivity index (χ0) is 16.8. The summed E-state index contributed by atoms with van der Waals surface area (Å²) in [6, 6.07) is 7.39. The fourth-order valence-electron chi connectivity index (χ4n) is 1.92. The normalized spacial score (nSPS) is 10.7. The van der Waals surface area contributed by atoms with Gasteiger partial charge in [0.2, 0.25) is 0 Å². The standard InChI is InChI=1S/C16H17ClFN3O2/c1-21(2)9-11-5-6-19-15(7-11)20-16(22)10-23-14-4-3-12(18)8-13(14)17/h3-8H,9-10H2,1-2H3,(H,19,20,22). The smallest absolute Gasteiger partial charge is 0.263 e. The van der Waals surface area contributed by atoms with Crippen LogP contribution in [-0.4, -0.2) is 36.5 Å². The maximum atomic E-state index is 12.9. The first-order valence-corrected chi connectivity index (χ1v) is 7.29. The Balaban J connectivity index is 1.92. The van der Waals surface area contributed by atoms with Crippen molar-refractivity contribution in [2.45, 2.75) is 6.54 Å². The summed E-state index contributed by atoms with van der Waals surface area (Å²) in [5.74, 6) is -0.144. The Labute approximate surface area is 139 Å². The molecule has 1 aromatic carbocycles. The molecule has 0 aliphatic rings. The van der Waals surface area contributed by atoms with E-state index < -0.39 is 5.82 Å². The monoisotopic (exact) mass is 337 g/mol. The van der Waals surface area contributed by atoms with Crippen molar-refractivity contribution in [1.82, 2.24) is 9.88 Å². The Bertz CT molecular complexity index is 695. The summed E-state index contributed by atoms with van der Waals surface area (Å²) in [7, 11) is 3.91. The van der Waals surface area contributed by atoms with E-state index in [1.54, 1.807) is 12.3 Å². The topological polar surface area (TPSA) is 54.5 Å². The van der Waals surface area contributed by atoms with E-state index in [4.69, 9.17) is 16.3 Å². The molecule has 0 radical (unpaired) electrons. The molecule has 1 N–H and O–H groups in total. The molecule has 0 saturated carbocycles. The van der Waals surface area contributed by atoms with Gasteiger partial charge in [0.25, 0.3) is 5.91 Å². The molecule has 0 spiro atoms. The lowest BCUT2D eigenvalue weighted by atomic mass is 10.2. The highest BCUT2D eigenvalue weighted by Gasteiger charge is 2.08. The molecule has 1 amide bonds. The number of nitrogens with one attached hydrogen (secondary N) is 1. The molecule has 7 heteroatoms. The number of aromatic nitrogens is 1. The number of nitrogens with zero attached hydrogens (tertiary/aromatic N) is 2. The van der Waals surface area contributed by atoms with Crippen molar-refractivity contribution in [1.29, 1.82) is 0 Å². The number of pyridine rings is 1. The molecule has 0 aliphatic heterocycles. The van der Waals surface area contributed by atoms with Crippen LogP contribution in [0.5, 0.6) is 5.75 Å². The number of hydrogen-bond donors (Lipinski definition) is 1. The molecule has 1 aromatic heterocycles. The number of halogens is 2. The Morgan fingerprint density at radius 2 is 2.13 bits per heavy atom. The molecule has 0 saturated heterocycles. The van der Waals surface area contributed by atoms with Crippen molar-refractivity contribution < 1.29 is 13.9 Å². The maximum Gasteiger partial charge on any atom is 0.263 e. The van der Waals surface area contributed by atoms with E-state index >= 15 is 0 Å². The molecule has 23 heavy (non-hydrogen) atoms. The van der Waals surface area contributed by atoms with Gasteiger partial charge in [-0.25, -0.2) is 9.37 Å². The molecule has 0 fully saturated rings. The van der Waals surface area contributed by atoms with E-state index in [0.29, 0.717) is 5.82 Å². The highest BCUT2D eigenvalue weighted by atomic mass is 35.5. The Hall–Kier alpha value is -2.18. The Morgan fingerprint density at radius 3 is 2.83 bits per heavy atom. The highest BCUT2D eigenvalue weighted by Crippen LogP contribution is 2.24. The van der Waals surface area contributed by atoms with Gasteiger partial charge in [0.15, 0.2) is 6.61 Å². The molecule has 122 valence electrons. The molecule has 0 bridgehead atoms. The van der Waals surface area contributed by atoms with Gasteiger partial charge < -0.3 is 15.0 Å². The van der Waals surface area contributed by atoms with Crippen LogP contribution in [0.4, 0.5) is 10.2 Å². The van der Waals surface area contributed by atoms with E-state index in [2.05, 4.69) is 10.3 Å². The van der Waals surface area contributed by atoms with Crippen LogP contribution < -0.4 is 10.1 Å². The summed E-state index contributed by atoms with van der Waals surface area (Å²) in [5.41, 5.74) is 1.03. The summed E-state index contributed by atoms with van der Waals surface area (Å²) in [6.07, 6.45) is 1.63. The van der Waals surface area contributed by atoms with Crippen LogP contribution in [0.1, 0.15) is 5.56 Å². The lowest BCUT2D eigenvalue weighted by Gasteiger charge is -2.11. The highest BCUT2D eigenvalue weighted by molar-refractivity contribution is 6.32. The average Bonchev–Trinajstić information content (AvgIpc) is 2.46. The van der Waals surface area contributed by atoms with Crippen molar-refractivity contribution >= 4 is 23.3 Å². The van der Waals surface area contributed by atoms with Crippen molar-refractivity contribution in [3.05, 3.63) is 52.9 Å². The molecule has 1 heterocycles. The molecule has 2 rings (SSSR count). The second-order valence-electron chi connectivity index (χ2n) is 5.20. The van der Waals surface area contributed by atoms with Crippen LogP contribution in [-0.2, 0) is 11.3 Å². The van der Waals surface area contributed by atoms with Crippen LogP contribution >= 0.6 is 11.6 Å². The van der Waals surface area contributed by atoms with Crippen LogP contribution in [0.15, 0.2) is 36.5 Å². The van der Waals surface area contributed by atoms with Gasteiger partial charge in [-0.3, -0.25) is 4.79 Å². The van der Waals surface area contributed by atoms with Crippen LogP contribution in [0, 0.1) is 5.82 Å². The minimum Gasteiger partial charge on any atom is -0.482 e. The summed E-state index contributed by atoms with van der Waals surface area (Å²) in [5, 5.41) is 2.76. The lowest BCUT2D eigenvalue weighted by Crippen LogP contribution is -2.21. The van der Waals surface area contributed by atoms with E-state index in [-0.39, 0.29) is 23.3 Å². The van der Waals surface area contributed by atoms with Gasteiger partial charge in [-0.1, -0.05) is 11.6 Å². The first kappa shape index (κ1) is 17.2. The zero-order valence-electron chi connectivity index (χ0n) is 12.8. The SMILES string of the molecule is CN(C)Cc1ccnc(NC(=O)COc2ccc(F)cc2Cl)c1. The number of amides is 1. The van der Waals surface area contributed by atoms with Gasteiger partial charge >= 0.3 is 0 Å². The number of anilines is 1. The first-order chi connectivity index (χ1) is 10.9. The molecule has 2 aromatic rings. The Kier molecular flexibility index (Phi) is 5.90. The van der Waals surface area contributed by atoms with E-state index in [1.807, 2.05) is 25.1 Å². The fourth-order valence-corrected chi connectivity index (χ4v) is 2.14. The van der Waals surface area contributed by atoms with Crippen LogP contribution in [0.2, 0.25) is 5.02 Å². The van der Waals surface area contributed by atoms with Gasteiger partial charge in [-0.05, 0) is 50.0 Å².